The number of carboxylic acids is 1. The molecule has 1 heterocycles. The summed E-state index contributed by atoms with van der Waals surface area (Å²) in [5.74, 6) is -0.537. The molecule has 0 spiro atoms. The second-order valence-electron chi connectivity index (χ2n) is 3.19. The summed E-state index contributed by atoms with van der Waals surface area (Å²) in [6.45, 7) is 4.71. The monoisotopic (exact) mass is 230 g/mol. The maximum atomic E-state index is 10.7. The fourth-order valence-corrected chi connectivity index (χ4v) is 1.67. The van der Waals surface area contributed by atoms with E-state index in [1.807, 2.05) is 13.8 Å². The number of rotatable bonds is 6. The van der Waals surface area contributed by atoms with Crippen molar-refractivity contribution in [1.82, 2.24) is 0 Å². The molecule has 0 amide bonds. The van der Waals surface area contributed by atoms with E-state index in [2.05, 4.69) is 0 Å². The average molecular weight is 230 g/mol. The van der Waals surface area contributed by atoms with Crippen molar-refractivity contribution in [2.75, 3.05) is 13.2 Å². The highest BCUT2D eigenvalue weighted by Gasteiger charge is 2.12. The normalized spacial score (nSPS) is 10.6. The lowest BCUT2D eigenvalue weighted by atomic mass is 10.4. The van der Waals surface area contributed by atoms with Crippen molar-refractivity contribution >= 4 is 17.3 Å². The lowest BCUT2D eigenvalue weighted by Crippen LogP contribution is -2.11. The first-order valence-corrected chi connectivity index (χ1v) is 5.54. The van der Waals surface area contributed by atoms with Gasteiger partial charge in [-0.1, -0.05) is 0 Å². The Labute approximate surface area is 92.4 Å². The maximum Gasteiger partial charge on any atom is 0.349 e. The minimum atomic E-state index is -0.954. The average Bonchev–Trinajstić information content (AvgIpc) is 2.60. The number of hydrogen-bond acceptors (Lipinski definition) is 4. The number of thiophene rings is 1. The van der Waals surface area contributed by atoms with Gasteiger partial charge in [0.1, 0.15) is 12.4 Å². The third-order valence-electron chi connectivity index (χ3n) is 1.62. The zero-order valence-corrected chi connectivity index (χ0v) is 9.54. The Morgan fingerprint density at radius 3 is 2.87 bits per heavy atom. The summed E-state index contributed by atoms with van der Waals surface area (Å²) in [5.41, 5.74) is 0. The lowest BCUT2D eigenvalue weighted by molar-refractivity contribution is 0.0541. The van der Waals surface area contributed by atoms with Gasteiger partial charge in [0.2, 0.25) is 0 Å². The van der Waals surface area contributed by atoms with Crippen LogP contribution in [-0.2, 0) is 4.74 Å². The molecule has 0 saturated carbocycles. The van der Waals surface area contributed by atoms with Crippen molar-refractivity contribution in [2.24, 2.45) is 0 Å². The molecule has 0 aliphatic heterocycles. The number of hydrogen-bond donors (Lipinski definition) is 1. The van der Waals surface area contributed by atoms with E-state index < -0.39 is 5.97 Å². The van der Waals surface area contributed by atoms with Gasteiger partial charge in [-0.3, -0.25) is 0 Å². The van der Waals surface area contributed by atoms with Crippen LogP contribution in [0.4, 0.5) is 0 Å². The second-order valence-corrected chi connectivity index (χ2v) is 4.10. The third kappa shape index (κ3) is 3.89. The van der Waals surface area contributed by atoms with E-state index in [0.29, 0.717) is 19.0 Å². The Morgan fingerprint density at radius 1 is 1.53 bits per heavy atom. The molecule has 0 radical (unpaired) electrons. The van der Waals surface area contributed by atoms with Crippen LogP contribution in [0, 0.1) is 0 Å². The molecule has 84 valence electrons. The molecular formula is C10H14O4S. The zero-order chi connectivity index (χ0) is 11.3. The highest BCUT2D eigenvalue weighted by atomic mass is 32.1. The molecule has 0 unspecified atom stereocenters. The van der Waals surface area contributed by atoms with E-state index in [0.717, 1.165) is 11.3 Å². The maximum absolute atomic E-state index is 10.7. The van der Waals surface area contributed by atoms with Crippen LogP contribution < -0.4 is 4.74 Å². The molecule has 0 aliphatic carbocycles. The van der Waals surface area contributed by atoms with E-state index >= 15 is 0 Å². The molecular weight excluding hydrogens is 216 g/mol. The van der Waals surface area contributed by atoms with Crippen LogP contribution in [0.3, 0.4) is 0 Å². The fourth-order valence-electron chi connectivity index (χ4n) is 1.00. The van der Waals surface area contributed by atoms with Crippen molar-refractivity contribution in [2.45, 2.75) is 20.0 Å². The fraction of sp³-hybridized carbons (Fsp3) is 0.500. The van der Waals surface area contributed by atoms with Gasteiger partial charge < -0.3 is 14.6 Å². The number of ether oxygens (including phenoxy) is 2. The minimum absolute atomic E-state index is 0.162. The largest absolute Gasteiger partial charge is 0.489 e. The summed E-state index contributed by atoms with van der Waals surface area (Å²) in [4.78, 5) is 11.0. The van der Waals surface area contributed by atoms with Gasteiger partial charge in [0.05, 0.1) is 12.7 Å². The van der Waals surface area contributed by atoms with Crippen LogP contribution in [0.2, 0.25) is 0 Å². The highest BCUT2D eigenvalue weighted by molar-refractivity contribution is 7.12. The number of aromatic carboxylic acids is 1. The Kier molecular flexibility index (Phi) is 4.58. The quantitative estimate of drug-likeness (QED) is 0.761. The SMILES string of the molecule is CC(C)OCCOc1ccsc1C(=O)O. The minimum Gasteiger partial charge on any atom is -0.489 e. The van der Waals surface area contributed by atoms with Crippen molar-refractivity contribution in [1.29, 1.82) is 0 Å². The van der Waals surface area contributed by atoms with Gasteiger partial charge >= 0.3 is 5.97 Å². The van der Waals surface area contributed by atoms with Gasteiger partial charge in [0.25, 0.3) is 0 Å². The smallest absolute Gasteiger partial charge is 0.349 e. The van der Waals surface area contributed by atoms with Crippen LogP contribution in [0.5, 0.6) is 5.75 Å². The Bertz CT molecular complexity index is 319. The van der Waals surface area contributed by atoms with Crippen molar-refractivity contribution in [3.05, 3.63) is 16.3 Å². The Morgan fingerprint density at radius 2 is 2.27 bits per heavy atom. The first-order valence-electron chi connectivity index (χ1n) is 4.66. The molecule has 15 heavy (non-hydrogen) atoms. The summed E-state index contributed by atoms with van der Waals surface area (Å²) in [5, 5.41) is 10.5. The van der Waals surface area contributed by atoms with Gasteiger partial charge in [0, 0.05) is 0 Å². The van der Waals surface area contributed by atoms with Gasteiger partial charge in [-0.15, -0.1) is 11.3 Å². The van der Waals surface area contributed by atoms with Crippen molar-refractivity contribution in [3.8, 4) is 5.75 Å². The topological polar surface area (TPSA) is 55.8 Å². The van der Waals surface area contributed by atoms with E-state index in [9.17, 15) is 4.79 Å². The summed E-state index contributed by atoms with van der Waals surface area (Å²) in [6.07, 6.45) is 0.162. The summed E-state index contributed by atoms with van der Waals surface area (Å²) >= 11 is 1.16. The number of carboxylic acid groups (broad SMARTS) is 1. The predicted molar refractivity (Wildman–Crippen MR) is 57.9 cm³/mol. The lowest BCUT2D eigenvalue weighted by Gasteiger charge is -2.08. The van der Waals surface area contributed by atoms with Crippen molar-refractivity contribution in [3.63, 3.8) is 0 Å². The third-order valence-corrected chi connectivity index (χ3v) is 2.50. The van der Waals surface area contributed by atoms with Gasteiger partial charge in [-0.05, 0) is 25.3 Å². The molecule has 0 atom stereocenters. The molecule has 5 heteroatoms. The summed E-state index contributed by atoms with van der Waals surface area (Å²) in [7, 11) is 0. The van der Waals surface area contributed by atoms with Gasteiger partial charge in [0.15, 0.2) is 4.88 Å². The Balaban J connectivity index is 2.37. The molecule has 1 N–H and O–H groups in total. The predicted octanol–water partition coefficient (Wildman–Crippen LogP) is 2.25. The van der Waals surface area contributed by atoms with Crippen LogP contribution in [-0.4, -0.2) is 30.4 Å². The van der Waals surface area contributed by atoms with Crippen molar-refractivity contribution < 1.29 is 19.4 Å². The molecule has 1 aromatic heterocycles. The molecule has 0 aromatic carbocycles. The van der Waals surface area contributed by atoms with Gasteiger partial charge in [-0.25, -0.2) is 4.79 Å². The molecule has 1 aromatic rings. The molecule has 1 rings (SSSR count). The molecule has 0 saturated heterocycles. The van der Waals surface area contributed by atoms with E-state index in [1.54, 1.807) is 11.4 Å². The number of carbonyl (C=O) groups is 1. The van der Waals surface area contributed by atoms with Gasteiger partial charge in [-0.2, -0.15) is 0 Å². The van der Waals surface area contributed by atoms with E-state index in [4.69, 9.17) is 14.6 Å². The van der Waals surface area contributed by atoms with Crippen LogP contribution in [0.25, 0.3) is 0 Å². The first kappa shape index (κ1) is 12.0. The first-order chi connectivity index (χ1) is 7.11. The highest BCUT2D eigenvalue weighted by Crippen LogP contribution is 2.24. The second kappa shape index (κ2) is 5.72. The zero-order valence-electron chi connectivity index (χ0n) is 8.73. The molecule has 4 nitrogen and oxygen atoms in total. The molecule has 0 bridgehead atoms. The van der Waals surface area contributed by atoms with Crippen LogP contribution in [0.15, 0.2) is 11.4 Å². The van der Waals surface area contributed by atoms with Crippen LogP contribution >= 0.6 is 11.3 Å². The standard InChI is InChI=1S/C10H14O4S/c1-7(2)13-4-5-14-8-3-6-15-9(8)10(11)12/h3,6-7H,4-5H2,1-2H3,(H,11,12). The molecule has 0 aliphatic rings. The molecule has 0 fully saturated rings. The van der Waals surface area contributed by atoms with E-state index in [1.165, 1.54) is 0 Å². The Hall–Kier alpha value is -1.07. The summed E-state index contributed by atoms with van der Waals surface area (Å²) < 4.78 is 10.6. The van der Waals surface area contributed by atoms with E-state index in [-0.39, 0.29) is 11.0 Å². The summed E-state index contributed by atoms with van der Waals surface area (Å²) in [6, 6.07) is 1.66. The van der Waals surface area contributed by atoms with Crippen LogP contribution in [0.1, 0.15) is 23.5 Å².